The molecule has 0 aliphatic carbocycles. The Kier molecular flexibility index (Phi) is 6.48. The molecule has 1 aromatic rings. The summed E-state index contributed by atoms with van der Waals surface area (Å²) in [4.78, 5) is 23.8. The first-order valence-electron chi connectivity index (χ1n) is 6.39. The van der Waals surface area contributed by atoms with E-state index in [1.807, 2.05) is 36.4 Å². The number of hydrogen-bond donors (Lipinski definition) is 2. The summed E-state index contributed by atoms with van der Waals surface area (Å²) in [6.45, 7) is 0.560. The van der Waals surface area contributed by atoms with Crippen LogP contribution in [0.15, 0.2) is 42.1 Å². The number of aliphatic carboxylic acids is 1. The fourth-order valence-corrected chi connectivity index (χ4v) is 1.65. The number of amides is 1. The summed E-state index contributed by atoms with van der Waals surface area (Å²) >= 11 is 0. The molecule has 1 aromatic carbocycles. The SMILES string of the molecule is CN(/C=C(/C#N)C(=O)NCCC(=O)O)Cc1ccccc1. The molecular formula is C15H17N3O3. The maximum Gasteiger partial charge on any atom is 0.305 e. The van der Waals surface area contributed by atoms with Crippen LogP contribution in [0.25, 0.3) is 0 Å². The number of nitriles is 1. The molecule has 1 amide bonds. The van der Waals surface area contributed by atoms with Crippen molar-refractivity contribution >= 4 is 11.9 Å². The Hall–Kier alpha value is -2.81. The molecule has 0 aliphatic rings. The van der Waals surface area contributed by atoms with Gasteiger partial charge in [0.05, 0.1) is 6.42 Å². The van der Waals surface area contributed by atoms with Gasteiger partial charge in [0.2, 0.25) is 0 Å². The minimum atomic E-state index is -1.00. The molecule has 0 aromatic heterocycles. The van der Waals surface area contributed by atoms with Crippen LogP contribution in [0.3, 0.4) is 0 Å². The summed E-state index contributed by atoms with van der Waals surface area (Å²) in [7, 11) is 1.76. The second-order valence-corrected chi connectivity index (χ2v) is 4.45. The van der Waals surface area contributed by atoms with Gasteiger partial charge in [-0.2, -0.15) is 5.26 Å². The molecule has 0 atom stereocenters. The molecule has 0 saturated heterocycles. The zero-order chi connectivity index (χ0) is 15.7. The molecule has 6 nitrogen and oxygen atoms in total. The number of hydrogen-bond acceptors (Lipinski definition) is 4. The van der Waals surface area contributed by atoms with Gasteiger partial charge in [0, 0.05) is 26.3 Å². The molecule has 0 unspecified atom stereocenters. The third-order valence-electron chi connectivity index (χ3n) is 2.61. The van der Waals surface area contributed by atoms with Crippen LogP contribution < -0.4 is 5.32 Å². The second-order valence-electron chi connectivity index (χ2n) is 4.45. The van der Waals surface area contributed by atoms with Crippen LogP contribution in [0.4, 0.5) is 0 Å². The lowest BCUT2D eigenvalue weighted by Gasteiger charge is -2.14. The molecule has 0 spiro atoms. The molecular weight excluding hydrogens is 270 g/mol. The molecule has 0 bridgehead atoms. The van der Waals surface area contributed by atoms with Crippen molar-refractivity contribution in [2.24, 2.45) is 0 Å². The molecule has 0 radical (unpaired) electrons. The standard InChI is InChI=1S/C15H17N3O3/c1-18(10-12-5-3-2-4-6-12)11-13(9-16)15(21)17-8-7-14(19)20/h2-6,11H,7-8,10H2,1H3,(H,17,21)(H,19,20)/b13-11-. The molecule has 110 valence electrons. The first-order chi connectivity index (χ1) is 10.0. The Bertz CT molecular complexity index is 561. The van der Waals surface area contributed by atoms with Crippen molar-refractivity contribution in [3.8, 4) is 6.07 Å². The molecule has 0 saturated carbocycles. The van der Waals surface area contributed by atoms with Crippen LogP contribution in [0, 0.1) is 11.3 Å². The van der Waals surface area contributed by atoms with Crippen molar-refractivity contribution in [1.82, 2.24) is 10.2 Å². The Morgan fingerprint density at radius 3 is 2.62 bits per heavy atom. The van der Waals surface area contributed by atoms with Gasteiger partial charge in [-0.1, -0.05) is 30.3 Å². The van der Waals surface area contributed by atoms with E-state index in [1.165, 1.54) is 6.20 Å². The Balaban J connectivity index is 2.59. The summed E-state index contributed by atoms with van der Waals surface area (Å²) in [5.41, 5.74) is 0.999. The average Bonchev–Trinajstić information content (AvgIpc) is 2.45. The number of carbonyl (C=O) groups is 2. The summed E-state index contributed by atoms with van der Waals surface area (Å²) < 4.78 is 0. The van der Waals surface area contributed by atoms with Crippen molar-refractivity contribution in [3.05, 3.63) is 47.7 Å². The number of carboxylic acids is 1. The summed E-state index contributed by atoms with van der Waals surface area (Å²) in [5, 5.41) is 19.9. The van der Waals surface area contributed by atoms with E-state index in [1.54, 1.807) is 11.9 Å². The second kappa shape index (κ2) is 8.38. The van der Waals surface area contributed by atoms with Crippen molar-refractivity contribution < 1.29 is 14.7 Å². The summed E-state index contributed by atoms with van der Waals surface area (Å²) in [6, 6.07) is 11.5. The fraction of sp³-hybridized carbons (Fsp3) is 0.267. The van der Waals surface area contributed by atoms with Crippen molar-refractivity contribution in [2.75, 3.05) is 13.6 Å². The smallest absolute Gasteiger partial charge is 0.305 e. The molecule has 0 heterocycles. The average molecular weight is 287 g/mol. The molecule has 1 rings (SSSR count). The lowest BCUT2D eigenvalue weighted by atomic mass is 10.2. The number of nitrogens with one attached hydrogen (secondary N) is 1. The summed E-state index contributed by atoms with van der Waals surface area (Å²) in [5.74, 6) is -1.57. The highest BCUT2D eigenvalue weighted by atomic mass is 16.4. The third-order valence-corrected chi connectivity index (χ3v) is 2.61. The Morgan fingerprint density at radius 2 is 2.05 bits per heavy atom. The van der Waals surface area contributed by atoms with Crippen LogP contribution in [-0.4, -0.2) is 35.5 Å². The number of carboxylic acid groups (broad SMARTS) is 1. The van der Waals surface area contributed by atoms with Gasteiger partial charge in [-0.15, -0.1) is 0 Å². The number of rotatable bonds is 7. The van der Waals surface area contributed by atoms with Crippen LogP contribution in [-0.2, 0) is 16.1 Å². The predicted octanol–water partition coefficient (Wildman–Crippen LogP) is 1.12. The van der Waals surface area contributed by atoms with Crippen LogP contribution in [0.2, 0.25) is 0 Å². The van der Waals surface area contributed by atoms with E-state index in [9.17, 15) is 9.59 Å². The zero-order valence-electron chi connectivity index (χ0n) is 11.7. The quantitative estimate of drug-likeness (QED) is 0.579. The van der Waals surface area contributed by atoms with Gasteiger partial charge in [-0.25, -0.2) is 0 Å². The predicted molar refractivity (Wildman–Crippen MR) is 76.9 cm³/mol. The molecule has 0 aliphatic heterocycles. The van der Waals surface area contributed by atoms with Gasteiger partial charge >= 0.3 is 5.97 Å². The topological polar surface area (TPSA) is 93.4 Å². The minimum absolute atomic E-state index is 0.00438. The largest absolute Gasteiger partial charge is 0.481 e. The highest BCUT2D eigenvalue weighted by Crippen LogP contribution is 2.05. The van der Waals surface area contributed by atoms with E-state index in [0.717, 1.165) is 5.56 Å². The third kappa shape index (κ3) is 6.25. The van der Waals surface area contributed by atoms with E-state index in [-0.39, 0.29) is 18.5 Å². The van der Waals surface area contributed by atoms with Gasteiger partial charge in [0.15, 0.2) is 0 Å². The Labute approximate surface area is 123 Å². The number of benzene rings is 1. The first-order valence-corrected chi connectivity index (χ1v) is 6.39. The molecule has 6 heteroatoms. The minimum Gasteiger partial charge on any atom is -0.481 e. The van der Waals surface area contributed by atoms with Crippen molar-refractivity contribution in [3.63, 3.8) is 0 Å². The van der Waals surface area contributed by atoms with Crippen LogP contribution >= 0.6 is 0 Å². The normalized spacial score (nSPS) is 10.6. The maximum absolute atomic E-state index is 11.7. The van der Waals surface area contributed by atoms with Crippen molar-refractivity contribution in [1.29, 1.82) is 5.26 Å². The highest BCUT2D eigenvalue weighted by molar-refractivity contribution is 5.97. The summed E-state index contributed by atoms with van der Waals surface area (Å²) in [6.07, 6.45) is 1.27. The monoisotopic (exact) mass is 287 g/mol. The van der Waals surface area contributed by atoms with Crippen LogP contribution in [0.5, 0.6) is 0 Å². The first kappa shape index (κ1) is 16.2. The van der Waals surface area contributed by atoms with E-state index in [2.05, 4.69) is 5.32 Å². The van der Waals surface area contributed by atoms with Gasteiger partial charge in [0.25, 0.3) is 5.91 Å². The van der Waals surface area contributed by atoms with Gasteiger partial charge < -0.3 is 15.3 Å². The highest BCUT2D eigenvalue weighted by Gasteiger charge is 2.10. The lowest BCUT2D eigenvalue weighted by molar-refractivity contribution is -0.136. The van der Waals surface area contributed by atoms with E-state index < -0.39 is 11.9 Å². The lowest BCUT2D eigenvalue weighted by Crippen LogP contribution is -2.28. The van der Waals surface area contributed by atoms with Gasteiger partial charge in [-0.05, 0) is 5.56 Å². The van der Waals surface area contributed by atoms with Crippen molar-refractivity contribution in [2.45, 2.75) is 13.0 Å². The fourth-order valence-electron chi connectivity index (χ4n) is 1.65. The van der Waals surface area contributed by atoms with Gasteiger partial charge in [0.1, 0.15) is 11.6 Å². The van der Waals surface area contributed by atoms with Gasteiger partial charge in [-0.3, -0.25) is 9.59 Å². The number of carbonyl (C=O) groups excluding carboxylic acids is 1. The number of nitrogens with zero attached hydrogens (tertiary/aromatic N) is 2. The zero-order valence-corrected chi connectivity index (χ0v) is 11.7. The Morgan fingerprint density at radius 1 is 1.38 bits per heavy atom. The van der Waals surface area contributed by atoms with E-state index in [4.69, 9.17) is 10.4 Å². The molecule has 0 fully saturated rings. The van der Waals surface area contributed by atoms with E-state index in [0.29, 0.717) is 6.54 Å². The van der Waals surface area contributed by atoms with Crippen LogP contribution in [0.1, 0.15) is 12.0 Å². The maximum atomic E-state index is 11.7. The molecule has 21 heavy (non-hydrogen) atoms. The molecule has 2 N–H and O–H groups in total. The van der Waals surface area contributed by atoms with E-state index >= 15 is 0 Å².